The second-order valence-corrected chi connectivity index (χ2v) is 8.21. The molecule has 3 rings (SSSR count). The van der Waals surface area contributed by atoms with Crippen LogP contribution in [0, 0.1) is 0 Å². The molecule has 0 saturated carbocycles. The highest BCUT2D eigenvalue weighted by atomic mass is 32.2. The van der Waals surface area contributed by atoms with Gasteiger partial charge in [0.2, 0.25) is 10.0 Å². The summed E-state index contributed by atoms with van der Waals surface area (Å²) in [5, 5.41) is 10.8. The molecule has 2 N–H and O–H groups in total. The van der Waals surface area contributed by atoms with Crippen molar-refractivity contribution in [2.24, 2.45) is 0 Å². The van der Waals surface area contributed by atoms with E-state index >= 15 is 0 Å². The summed E-state index contributed by atoms with van der Waals surface area (Å²) in [7, 11) is -3.86. The van der Waals surface area contributed by atoms with E-state index in [9.17, 15) is 26.7 Å². The first-order valence-corrected chi connectivity index (χ1v) is 9.82. The number of ether oxygens (including phenoxy) is 1. The molecule has 1 atom stereocenters. The molecule has 146 valence electrons. The first-order valence-electron chi connectivity index (χ1n) is 8.17. The molecule has 9 heteroatoms. The largest absolute Gasteiger partial charge is 0.493 e. The lowest BCUT2D eigenvalue weighted by molar-refractivity contribution is -0.137. The zero-order valence-electron chi connectivity index (χ0n) is 14.2. The van der Waals surface area contributed by atoms with Gasteiger partial charge in [0.05, 0.1) is 17.9 Å². The molecule has 1 heterocycles. The molecule has 1 aliphatic heterocycles. The van der Waals surface area contributed by atoms with Crippen LogP contribution in [0.5, 0.6) is 5.75 Å². The lowest BCUT2D eigenvalue weighted by Gasteiger charge is -2.34. The second kappa shape index (κ2) is 7.14. The fraction of sp³-hybridized carbons (Fsp3) is 0.333. The van der Waals surface area contributed by atoms with Crippen molar-refractivity contribution >= 4 is 10.0 Å². The Morgan fingerprint density at radius 1 is 1.11 bits per heavy atom. The minimum absolute atomic E-state index is 0.215. The van der Waals surface area contributed by atoms with E-state index in [1.807, 2.05) is 0 Å². The Morgan fingerprint density at radius 2 is 1.78 bits per heavy atom. The van der Waals surface area contributed by atoms with Crippen molar-refractivity contribution in [3.05, 3.63) is 65.2 Å². The van der Waals surface area contributed by atoms with Crippen LogP contribution in [0.15, 0.2) is 48.5 Å². The molecule has 0 saturated heterocycles. The number of fused-ring (bicyclic) bond motifs is 1. The monoisotopic (exact) mass is 401 g/mol. The third kappa shape index (κ3) is 4.60. The van der Waals surface area contributed by atoms with Crippen LogP contribution < -0.4 is 9.46 Å². The number of hydrogen-bond donors (Lipinski definition) is 2. The summed E-state index contributed by atoms with van der Waals surface area (Å²) in [6.07, 6.45) is -4.26. The zero-order chi connectivity index (χ0) is 19.7. The highest BCUT2D eigenvalue weighted by molar-refractivity contribution is 7.88. The van der Waals surface area contributed by atoms with Crippen molar-refractivity contribution in [3.8, 4) is 5.75 Å². The molecule has 0 radical (unpaired) electrons. The molecule has 1 unspecified atom stereocenters. The van der Waals surface area contributed by atoms with Crippen LogP contribution in [-0.2, 0) is 27.6 Å². The Morgan fingerprint density at radius 3 is 2.44 bits per heavy atom. The predicted molar refractivity (Wildman–Crippen MR) is 92.5 cm³/mol. The lowest BCUT2D eigenvalue weighted by atomic mass is 9.88. The number of rotatable bonds is 5. The summed E-state index contributed by atoms with van der Waals surface area (Å²) in [5.41, 5.74) is -1.55. The van der Waals surface area contributed by atoms with E-state index in [4.69, 9.17) is 4.74 Å². The van der Waals surface area contributed by atoms with Crippen LogP contribution in [-0.4, -0.2) is 26.7 Å². The maximum Gasteiger partial charge on any atom is 0.416 e. The van der Waals surface area contributed by atoms with Gasteiger partial charge in [0.25, 0.3) is 0 Å². The van der Waals surface area contributed by atoms with Gasteiger partial charge in [-0.1, -0.05) is 30.3 Å². The Kier molecular flexibility index (Phi) is 5.20. The van der Waals surface area contributed by atoms with Crippen LogP contribution in [0.2, 0.25) is 0 Å². The summed E-state index contributed by atoms with van der Waals surface area (Å²) in [6.45, 7) is -0.00944. The maximum atomic E-state index is 12.6. The van der Waals surface area contributed by atoms with E-state index in [0.717, 1.165) is 24.3 Å². The van der Waals surface area contributed by atoms with Gasteiger partial charge < -0.3 is 9.84 Å². The molecule has 5 nitrogen and oxygen atoms in total. The van der Waals surface area contributed by atoms with Crippen LogP contribution in [0.25, 0.3) is 0 Å². The fourth-order valence-electron chi connectivity index (χ4n) is 2.91. The fourth-order valence-corrected chi connectivity index (χ4v) is 4.11. The van der Waals surface area contributed by atoms with E-state index in [1.165, 1.54) is 0 Å². The van der Waals surface area contributed by atoms with Gasteiger partial charge in [0, 0.05) is 18.5 Å². The number of aliphatic hydroxyl groups is 1. The van der Waals surface area contributed by atoms with Gasteiger partial charge in [0.15, 0.2) is 0 Å². The van der Waals surface area contributed by atoms with Gasteiger partial charge in [-0.25, -0.2) is 13.1 Å². The minimum Gasteiger partial charge on any atom is -0.493 e. The number of halogens is 3. The van der Waals surface area contributed by atoms with E-state index in [-0.39, 0.29) is 25.1 Å². The molecular formula is C18H18F3NO4S. The maximum absolute atomic E-state index is 12.6. The number of para-hydroxylation sites is 1. The molecule has 2 aromatic carbocycles. The van der Waals surface area contributed by atoms with Crippen molar-refractivity contribution in [1.82, 2.24) is 4.72 Å². The van der Waals surface area contributed by atoms with Gasteiger partial charge in [-0.05, 0) is 23.8 Å². The van der Waals surface area contributed by atoms with Crippen LogP contribution in [0.3, 0.4) is 0 Å². The van der Waals surface area contributed by atoms with Gasteiger partial charge >= 0.3 is 6.18 Å². The minimum atomic E-state index is -4.48. The SMILES string of the molecule is O=S(=O)(Cc1ccc(C(F)(F)F)cc1)NCC1(O)CCOc2ccccc21. The average Bonchev–Trinajstić information content (AvgIpc) is 2.60. The van der Waals surface area contributed by atoms with E-state index in [1.54, 1.807) is 24.3 Å². The van der Waals surface area contributed by atoms with Crippen molar-refractivity contribution in [1.29, 1.82) is 0 Å². The van der Waals surface area contributed by atoms with Crippen LogP contribution in [0.1, 0.15) is 23.1 Å². The van der Waals surface area contributed by atoms with Gasteiger partial charge in [-0.2, -0.15) is 13.2 Å². The third-order valence-electron chi connectivity index (χ3n) is 4.38. The first kappa shape index (κ1) is 19.7. The lowest BCUT2D eigenvalue weighted by Crippen LogP contribution is -2.44. The summed E-state index contributed by atoms with van der Waals surface area (Å²) in [5.74, 6) is 0.00695. The normalized spacial score (nSPS) is 20.0. The molecular weight excluding hydrogens is 383 g/mol. The number of sulfonamides is 1. The number of alkyl halides is 3. The Hall–Kier alpha value is -2.10. The van der Waals surface area contributed by atoms with Gasteiger partial charge in [-0.3, -0.25) is 0 Å². The smallest absolute Gasteiger partial charge is 0.416 e. The van der Waals surface area contributed by atoms with Crippen molar-refractivity contribution < 1.29 is 31.4 Å². The highest BCUT2D eigenvalue weighted by Gasteiger charge is 2.36. The average molecular weight is 401 g/mol. The molecule has 0 aliphatic carbocycles. The quantitative estimate of drug-likeness (QED) is 0.808. The molecule has 0 amide bonds. The molecule has 0 bridgehead atoms. The molecule has 0 aromatic heterocycles. The Bertz CT molecular complexity index is 913. The van der Waals surface area contributed by atoms with E-state index in [2.05, 4.69) is 4.72 Å². The number of nitrogens with one attached hydrogen (secondary N) is 1. The summed E-state index contributed by atoms with van der Waals surface area (Å²) < 4.78 is 70.1. The predicted octanol–water partition coefficient (Wildman–Crippen LogP) is 2.80. The summed E-state index contributed by atoms with van der Waals surface area (Å²) in [6, 6.07) is 10.8. The molecule has 27 heavy (non-hydrogen) atoms. The van der Waals surface area contributed by atoms with E-state index < -0.39 is 33.1 Å². The van der Waals surface area contributed by atoms with Crippen LogP contribution >= 0.6 is 0 Å². The highest BCUT2D eigenvalue weighted by Crippen LogP contribution is 2.36. The van der Waals surface area contributed by atoms with Gasteiger partial charge in [0.1, 0.15) is 11.4 Å². The standard InChI is InChI=1S/C18H18F3NO4S/c19-18(20,21)14-7-5-13(6-8-14)11-27(24,25)22-12-17(23)9-10-26-16-4-2-1-3-15(16)17/h1-8,22-23H,9-12H2. The molecule has 0 fully saturated rings. The topological polar surface area (TPSA) is 75.6 Å². The molecule has 1 aliphatic rings. The third-order valence-corrected chi connectivity index (χ3v) is 5.68. The molecule has 2 aromatic rings. The summed E-state index contributed by atoms with van der Waals surface area (Å²) >= 11 is 0. The van der Waals surface area contributed by atoms with Gasteiger partial charge in [-0.15, -0.1) is 0 Å². The van der Waals surface area contributed by atoms with Crippen LogP contribution in [0.4, 0.5) is 13.2 Å². The molecule has 0 spiro atoms. The number of benzene rings is 2. The Balaban J connectivity index is 1.69. The van der Waals surface area contributed by atoms with Crippen molar-refractivity contribution in [2.45, 2.75) is 24.0 Å². The number of hydrogen-bond acceptors (Lipinski definition) is 4. The Labute approximate surface area is 154 Å². The first-order chi connectivity index (χ1) is 12.6. The second-order valence-electron chi connectivity index (χ2n) is 6.40. The summed E-state index contributed by atoms with van der Waals surface area (Å²) in [4.78, 5) is 0. The van der Waals surface area contributed by atoms with E-state index in [0.29, 0.717) is 11.3 Å². The van der Waals surface area contributed by atoms with Crippen molar-refractivity contribution in [2.75, 3.05) is 13.2 Å². The van der Waals surface area contributed by atoms with Crippen molar-refractivity contribution in [3.63, 3.8) is 0 Å². The zero-order valence-corrected chi connectivity index (χ0v) is 15.0.